The van der Waals surface area contributed by atoms with Gasteiger partial charge in [0.2, 0.25) is 5.91 Å². The summed E-state index contributed by atoms with van der Waals surface area (Å²) in [7, 11) is 0. The first-order chi connectivity index (χ1) is 14.6. The van der Waals surface area contributed by atoms with Crippen LogP contribution < -0.4 is 9.80 Å². The SMILES string of the molecule is Cc1cc2nc(N(CCC[NH+]3CCOCC3)C(=O)Cc3ccccc3)sc2cc1C. The Morgan fingerprint density at radius 3 is 2.63 bits per heavy atom. The van der Waals surface area contributed by atoms with Crippen LogP contribution in [-0.4, -0.2) is 50.3 Å². The number of hydrogen-bond donors (Lipinski definition) is 1. The Balaban J connectivity index is 1.53. The Labute approximate surface area is 182 Å². The number of nitrogens with one attached hydrogen (secondary N) is 1. The third kappa shape index (κ3) is 5.06. The lowest BCUT2D eigenvalue weighted by molar-refractivity contribution is -0.908. The monoisotopic (exact) mass is 424 g/mol. The van der Waals surface area contributed by atoms with Crippen LogP contribution >= 0.6 is 11.3 Å². The zero-order valence-corrected chi connectivity index (χ0v) is 18.6. The molecule has 4 rings (SSSR count). The zero-order valence-electron chi connectivity index (χ0n) is 17.8. The van der Waals surface area contributed by atoms with Crippen molar-refractivity contribution >= 4 is 32.6 Å². The van der Waals surface area contributed by atoms with Crippen LogP contribution in [0.1, 0.15) is 23.1 Å². The van der Waals surface area contributed by atoms with Gasteiger partial charge in [-0.2, -0.15) is 0 Å². The van der Waals surface area contributed by atoms with Gasteiger partial charge in [0, 0.05) is 13.0 Å². The molecule has 5 nitrogen and oxygen atoms in total. The summed E-state index contributed by atoms with van der Waals surface area (Å²) in [5.74, 6) is 0.116. The summed E-state index contributed by atoms with van der Waals surface area (Å²) in [4.78, 5) is 21.6. The molecule has 3 aromatic rings. The van der Waals surface area contributed by atoms with Crippen LogP contribution in [0.3, 0.4) is 0 Å². The summed E-state index contributed by atoms with van der Waals surface area (Å²) in [5, 5.41) is 0.813. The molecule has 1 aromatic heterocycles. The predicted octanol–water partition coefficient (Wildman–Crippen LogP) is 2.79. The molecule has 6 heteroatoms. The van der Waals surface area contributed by atoms with Crippen LogP contribution in [0.15, 0.2) is 42.5 Å². The molecule has 0 saturated carbocycles. The van der Waals surface area contributed by atoms with E-state index in [2.05, 4.69) is 26.0 Å². The smallest absolute Gasteiger partial charge is 0.233 e. The van der Waals surface area contributed by atoms with Gasteiger partial charge in [-0.3, -0.25) is 9.69 Å². The maximum absolute atomic E-state index is 13.3. The van der Waals surface area contributed by atoms with Crippen molar-refractivity contribution in [3.63, 3.8) is 0 Å². The Kier molecular flexibility index (Phi) is 6.77. The van der Waals surface area contributed by atoms with Crippen molar-refractivity contribution in [2.45, 2.75) is 26.7 Å². The lowest BCUT2D eigenvalue weighted by atomic mass is 10.1. The van der Waals surface area contributed by atoms with Crippen LogP contribution in [0.25, 0.3) is 10.2 Å². The molecule has 0 radical (unpaired) electrons. The summed E-state index contributed by atoms with van der Waals surface area (Å²) in [6.45, 7) is 9.77. The number of quaternary nitrogens is 1. The predicted molar refractivity (Wildman–Crippen MR) is 123 cm³/mol. The third-order valence-electron chi connectivity index (χ3n) is 5.83. The van der Waals surface area contributed by atoms with Crippen molar-refractivity contribution in [3.8, 4) is 0 Å². The largest absolute Gasteiger partial charge is 0.370 e. The van der Waals surface area contributed by atoms with Crippen molar-refractivity contribution in [3.05, 3.63) is 59.2 Å². The quantitative estimate of drug-likeness (QED) is 0.635. The van der Waals surface area contributed by atoms with Crippen LogP contribution in [-0.2, 0) is 16.0 Å². The highest BCUT2D eigenvalue weighted by Crippen LogP contribution is 2.31. The molecule has 0 spiro atoms. The molecule has 0 bridgehead atoms. The molecular weight excluding hydrogens is 394 g/mol. The molecule has 0 aliphatic carbocycles. The van der Waals surface area contributed by atoms with Crippen molar-refractivity contribution in [2.24, 2.45) is 0 Å². The molecule has 0 unspecified atom stereocenters. The average molecular weight is 425 g/mol. The maximum Gasteiger partial charge on any atom is 0.233 e. The Hall–Kier alpha value is -2.28. The fourth-order valence-corrected chi connectivity index (χ4v) is 4.96. The zero-order chi connectivity index (χ0) is 20.9. The minimum Gasteiger partial charge on any atom is -0.370 e. The van der Waals surface area contributed by atoms with Gasteiger partial charge in [0.05, 0.1) is 36.4 Å². The average Bonchev–Trinajstić information content (AvgIpc) is 3.15. The number of ether oxygens (including phenoxy) is 1. The van der Waals surface area contributed by atoms with Gasteiger partial charge in [-0.05, 0) is 42.7 Å². The van der Waals surface area contributed by atoms with E-state index in [-0.39, 0.29) is 5.91 Å². The molecule has 1 fully saturated rings. The van der Waals surface area contributed by atoms with E-state index in [1.54, 1.807) is 16.2 Å². The third-order valence-corrected chi connectivity index (χ3v) is 6.88. The summed E-state index contributed by atoms with van der Waals surface area (Å²) in [6.07, 6.45) is 1.36. The highest BCUT2D eigenvalue weighted by Gasteiger charge is 2.21. The minimum absolute atomic E-state index is 0.116. The van der Waals surface area contributed by atoms with Crippen LogP contribution in [0, 0.1) is 13.8 Å². The first-order valence-corrected chi connectivity index (χ1v) is 11.6. The molecule has 2 aromatic carbocycles. The lowest BCUT2D eigenvalue weighted by Gasteiger charge is -2.25. The summed E-state index contributed by atoms with van der Waals surface area (Å²) >= 11 is 1.62. The number of carbonyl (C=O) groups is 1. The van der Waals surface area contributed by atoms with Crippen molar-refractivity contribution in [1.82, 2.24) is 4.98 Å². The summed E-state index contributed by atoms with van der Waals surface area (Å²) in [6, 6.07) is 14.3. The molecule has 2 heterocycles. The molecule has 158 valence electrons. The fourth-order valence-electron chi connectivity index (χ4n) is 3.87. The van der Waals surface area contributed by atoms with Gasteiger partial charge in [0.25, 0.3) is 0 Å². The van der Waals surface area contributed by atoms with E-state index in [1.807, 2.05) is 35.2 Å². The molecule has 1 aliphatic rings. The second-order valence-corrected chi connectivity index (χ2v) is 9.08. The molecule has 1 amide bonds. The number of aromatic nitrogens is 1. The second-order valence-electron chi connectivity index (χ2n) is 8.07. The highest BCUT2D eigenvalue weighted by atomic mass is 32.1. The van der Waals surface area contributed by atoms with E-state index >= 15 is 0 Å². The number of benzene rings is 2. The Bertz CT molecular complexity index is 957. The van der Waals surface area contributed by atoms with Gasteiger partial charge in [-0.25, -0.2) is 4.98 Å². The van der Waals surface area contributed by atoms with Crippen molar-refractivity contribution in [1.29, 1.82) is 0 Å². The maximum atomic E-state index is 13.3. The van der Waals surface area contributed by atoms with E-state index in [4.69, 9.17) is 9.72 Å². The van der Waals surface area contributed by atoms with Crippen LogP contribution in [0.4, 0.5) is 5.13 Å². The van der Waals surface area contributed by atoms with Gasteiger partial charge in [-0.15, -0.1) is 0 Å². The number of nitrogens with zero attached hydrogens (tertiary/aromatic N) is 2. The molecule has 30 heavy (non-hydrogen) atoms. The van der Waals surface area contributed by atoms with E-state index in [0.717, 1.165) is 60.2 Å². The van der Waals surface area contributed by atoms with Crippen LogP contribution in [0.2, 0.25) is 0 Å². The van der Waals surface area contributed by atoms with Gasteiger partial charge < -0.3 is 9.64 Å². The van der Waals surface area contributed by atoms with Crippen molar-refractivity contribution in [2.75, 3.05) is 44.3 Å². The van der Waals surface area contributed by atoms with E-state index in [9.17, 15) is 4.79 Å². The number of thiazole rings is 1. The molecular formula is C24H30N3O2S+. The number of amides is 1. The van der Waals surface area contributed by atoms with Crippen molar-refractivity contribution < 1.29 is 14.4 Å². The van der Waals surface area contributed by atoms with E-state index in [1.165, 1.54) is 11.1 Å². The van der Waals surface area contributed by atoms with E-state index in [0.29, 0.717) is 13.0 Å². The first-order valence-electron chi connectivity index (χ1n) is 10.7. The number of morpholine rings is 1. The molecule has 0 atom stereocenters. The van der Waals surface area contributed by atoms with Crippen LogP contribution in [0.5, 0.6) is 0 Å². The number of carbonyl (C=O) groups excluding carboxylic acids is 1. The molecule has 1 N–H and O–H groups in total. The lowest BCUT2D eigenvalue weighted by Crippen LogP contribution is -3.14. The number of hydrogen-bond acceptors (Lipinski definition) is 4. The summed E-state index contributed by atoms with van der Waals surface area (Å²) < 4.78 is 6.60. The Morgan fingerprint density at radius 2 is 1.87 bits per heavy atom. The number of anilines is 1. The normalized spacial score (nSPS) is 14.9. The molecule has 1 aliphatic heterocycles. The second kappa shape index (κ2) is 9.69. The standard InChI is InChI=1S/C24H29N3O2S/c1-18-15-21-22(16-19(18)2)30-24(25-21)27(10-6-9-26-11-13-29-14-12-26)23(28)17-20-7-4-3-5-8-20/h3-5,7-8,15-16H,6,9-14,17H2,1-2H3/p+1. The van der Waals surface area contributed by atoms with Gasteiger partial charge in [-0.1, -0.05) is 41.7 Å². The topological polar surface area (TPSA) is 46.9 Å². The minimum atomic E-state index is 0.116. The Morgan fingerprint density at radius 1 is 1.13 bits per heavy atom. The number of aryl methyl sites for hydroxylation is 2. The summed E-state index contributed by atoms with van der Waals surface area (Å²) in [5.41, 5.74) is 4.52. The first kappa shape index (κ1) is 21.0. The number of rotatable bonds is 7. The van der Waals surface area contributed by atoms with E-state index < -0.39 is 0 Å². The highest BCUT2D eigenvalue weighted by molar-refractivity contribution is 7.22. The fraction of sp³-hybridized carbons (Fsp3) is 0.417. The number of fused-ring (bicyclic) bond motifs is 1. The van der Waals surface area contributed by atoms with Gasteiger partial charge in [0.1, 0.15) is 13.1 Å². The molecule has 1 saturated heterocycles. The van der Waals surface area contributed by atoms with Gasteiger partial charge in [0.15, 0.2) is 5.13 Å². The van der Waals surface area contributed by atoms with Gasteiger partial charge >= 0.3 is 0 Å².